The maximum atomic E-state index is 2.46. The lowest BCUT2D eigenvalue weighted by atomic mass is 9.94. The van der Waals surface area contributed by atoms with Gasteiger partial charge in [0.25, 0.3) is 0 Å². The van der Waals surface area contributed by atoms with Gasteiger partial charge < -0.3 is 9.47 Å². The molecule has 0 atom stereocenters. The van der Waals surface area contributed by atoms with Crippen molar-refractivity contribution in [3.63, 3.8) is 0 Å². The van der Waals surface area contributed by atoms with Gasteiger partial charge in [0.15, 0.2) is 0 Å². The van der Waals surface area contributed by atoms with Crippen LogP contribution in [0.5, 0.6) is 0 Å². The van der Waals surface area contributed by atoms with Gasteiger partial charge in [-0.05, 0) is 100 Å². The van der Waals surface area contributed by atoms with Crippen LogP contribution in [0.4, 0.5) is 17.1 Å². The largest absolute Gasteiger partial charge is 0.310 e. The maximum absolute atomic E-state index is 2.46. The first-order valence-electron chi connectivity index (χ1n) is 18.8. The van der Waals surface area contributed by atoms with Gasteiger partial charge in [-0.25, -0.2) is 0 Å². The summed E-state index contributed by atoms with van der Waals surface area (Å²) in [5, 5.41) is 3.77. The Morgan fingerprint density at radius 3 is 1.96 bits per heavy atom. The molecule has 1 aliphatic rings. The zero-order chi connectivity index (χ0) is 35.8. The second-order valence-electron chi connectivity index (χ2n) is 14.0. The van der Waals surface area contributed by atoms with Gasteiger partial charge in [0, 0.05) is 33.4 Å². The quantitative estimate of drug-likeness (QED) is 0.162. The molecule has 0 fully saturated rings. The standard InChI is InChI=1S/C52H38N2/c1-3-16-37(17-4-1)38-32-34-40(35-33-38)45-25-9-11-28-48(45)54(49-30-14-19-39-18-7-8-24-44(39)49)43-23-13-20-41(36-43)46-27-15-31-51-52(46)47-26-10-12-29-50(47)53(51)42-21-5-2-6-22-42/h1-9,11-25,27-36H,10,26H2. The summed E-state index contributed by atoms with van der Waals surface area (Å²) in [4.78, 5) is 2.46. The number of hydrogen-bond acceptors (Lipinski definition) is 1. The molecule has 2 nitrogen and oxygen atoms in total. The van der Waals surface area contributed by atoms with Gasteiger partial charge >= 0.3 is 0 Å². The Morgan fingerprint density at radius 2 is 1.09 bits per heavy atom. The molecule has 9 aromatic rings. The van der Waals surface area contributed by atoms with E-state index in [-0.39, 0.29) is 0 Å². The fourth-order valence-electron chi connectivity index (χ4n) is 8.39. The van der Waals surface area contributed by atoms with Crippen LogP contribution in [0.2, 0.25) is 0 Å². The van der Waals surface area contributed by atoms with E-state index in [0.29, 0.717) is 0 Å². The summed E-state index contributed by atoms with van der Waals surface area (Å²) in [6, 6.07) is 70.5. The summed E-state index contributed by atoms with van der Waals surface area (Å²) in [6.07, 6.45) is 6.71. The van der Waals surface area contributed by atoms with Gasteiger partial charge in [-0.15, -0.1) is 0 Å². The molecule has 0 amide bonds. The second-order valence-corrected chi connectivity index (χ2v) is 14.0. The number of para-hydroxylation sites is 2. The van der Waals surface area contributed by atoms with Crippen LogP contribution in [0.15, 0.2) is 200 Å². The van der Waals surface area contributed by atoms with Crippen molar-refractivity contribution in [3.05, 3.63) is 211 Å². The highest BCUT2D eigenvalue weighted by Crippen LogP contribution is 2.46. The van der Waals surface area contributed by atoms with Crippen LogP contribution >= 0.6 is 0 Å². The lowest BCUT2D eigenvalue weighted by Gasteiger charge is -2.29. The monoisotopic (exact) mass is 690 g/mol. The van der Waals surface area contributed by atoms with Gasteiger partial charge in [-0.2, -0.15) is 0 Å². The van der Waals surface area contributed by atoms with Crippen molar-refractivity contribution in [1.82, 2.24) is 4.57 Å². The highest BCUT2D eigenvalue weighted by molar-refractivity contribution is 6.04. The molecule has 8 aromatic carbocycles. The number of benzene rings is 8. The third kappa shape index (κ3) is 5.52. The number of fused-ring (bicyclic) bond motifs is 4. The Bertz CT molecular complexity index is 2800. The minimum Gasteiger partial charge on any atom is -0.310 e. The first kappa shape index (κ1) is 31.8. The Hall–Kier alpha value is -6.90. The number of nitrogens with zero attached hydrogens (tertiary/aromatic N) is 2. The molecular formula is C52H38N2. The molecule has 54 heavy (non-hydrogen) atoms. The van der Waals surface area contributed by atoms with Crippen molar-refractivity contribution in [2.75, 3.05) is 4.90 Å². The molecule has 1 aliphatic carbocycles. The zero-order valence-corrected chi connectivity index (χ0v) is 29.9. The van der Waals surface area contributed by atoms with Gasteiger partial charge in [0.1, 0.15) is 0 Å². The number of anilines is 3. The van der Waals surface area contributed by atoms with Crippen LogP contribution < -0.4 is 4.90 Å². The number of rotatable bonds is 7. The van der Waals surface area contributed by atoms with Gasteiger partial charge in [-0.3, -0.25) is 0 Å². The van der Waals surface area contributed by atoms with Gasteiger partial charge in [0.05, 0.1) is 16.9 Å². The summed E-state index contributed by atoms with van der Waals surface area (Å²) in [5.41, 5.74) is 15.8. The van der Waals surface area contributed by atoms with Crippen LogP contribution in [0.1, 0.15) is 17.7 Å². The number of hydrogen-bond donors (Lipinski definition) is 0. The fourth-order valence-corrected chi connectivity index (χ4v) is 8.39. The molecule has 0 radical (unpaired) electrons. The lowest BCUT2D eigenvalue weighted by Crippen LogP contribution is -2.12. The molecule has 0 N–H and O–H groups in total. The molecule has 0 bridgehead atoms. The molecule has 0 saturated heterocycles. The van der Waals surface area contributed by atoms with E-state index >= 15 is 0 Å². The molecule has 0 unspecified atom stereocenters. The highest BCUT2D eigenvalue weighted by Gasteiger charge is 2.23. The van der Waals surface area contributed by atoms with Crippen LogP contribution in [-0.2, 0) is 6.42 Å². The van der Waals surface area contributed by atoms with Crippen LogP contribution in [0, 0.1) is 0 Å². The van der Waals surface area contributed by atoms with Crippen molar-refractivity contribution in [3.8, 4) is 39.1 Å². The van der Waals surface area contributed by atoms with Crippen LogP contribution in [0.3, 0.4) is 0 Å². The van der Waals surface area contributed by atoms with Gasteiger partial charge in [-0.1, -0.05) is 158 Å². The molecule has 1 aromatic heterocycles. The summed E-state index contributed by atoms with van der Waals surface area (Å²) in [7, 11) is 0. The molecular weight excluding hydrogens is 653 g/mol. The Kier molecular flexibility index (Phi) is 8.00. The third-order valence-corrected chi connectivity index (χ3v) is 10.9. The van der Waals surface area contributed by atoms with E-state index in [1.165, 1.54) is 72.0 Å². The van der Waals surface area contributed by atoms with Crippen molar-refractivity contribution in [1.29, 1.82) is 0 Å². The second kappa shape index (κ2) is 13.6. The van der Waals surface area contributed by atoms with Crippen molar-refractivity contribution < 1.29 is 0 Å². The van der Waals surface area contributed by atoms with E-state index < -0.39 is 0 Å². The van der Waals surface area contributed by atoms with Crippen LogP contribution in [0.25, 0.3) is 66.8 Å². The Balaban J connectivity index is 1.17. The lowest BCUT2D eigenvalue weighted by molar-refractivity contribution is 0.968. The predicted molar refractivity (Wildman–Crippen MR) is 229 cm³/mol. The van der Waals surface area contributed by atoms with Crippen molar-refractivity contribution in [2.45, 2.75) is 12.8 Å². The van der Waals surface area contributed by atoms with Crippen molar-refractivity contribution >= 4 is 44.8 Å². The first-order valence-corrected chi connectivity index (χ1v) is 18.8. The SMILES string of the molecule is C1=Cc2c(c3c(-c4cccc(N(c5ccccc5-c5ccc(-c6ccccc6)cc5)c5cccc6ccccc56)c4)cccc3n2-c2ccccc2)CC1. The van der Waals surface area contributed by atoms with E-state index in [4.69, 9.17) is 0 Å². The minimum atomic E-state index is 1.03. The summed E-state index contributed by atoms with van der Waals surface area (Å²) in [6.45, 7) is 0. The molecule has 0 saturated carbocycles. The Morgan fingerprint density at radius 1 is 0.463 bits per heavy atom. The number of allylic oxidation sites excluding steroid dienone is 1. The minimum absolute atomic E-state index is 1.03. The zero-order valence-electron chi connectivity index (χ0n) is 29.9. The van der Waals surface area contributed by atoms with Gasteiger partial charge in [0.2, 0.25) is 0 Å². The topological polar surface area (TPSA) is 8.17 Å². The smallest absolute Gasteiger partial charge is 0.0543 e. The number of aromatic nitrogens is 1. The van der Waals surface area contributed by atoms with Crippen LogP contribution in [-0.4, -0.2) is 4.57 Å². The highest BCUT2D eigenvalue weighted by atomic mass is 15.1. The van der Waals surface area contributed by atoms with E-state index in [2.05, 4.69) is 216 Å². The normalized spacial score (nSPS) is 12.2. The molecule has 0 spiro atoms. The first-order chi connectivity index (χ1) is 26.8. The average Bonchev–Trinajstić information content (AvgIpc) is 3.60. The predicted octanol–water partition coefficient (Wildman–Crippen LogP) is 14.2. The number of aryl methyl sites for hydroxylation is 1. The fraction of sp³-hybridized carbons (Fsp3) is 0.0385. The summed E-state index contributed by atoms with van der Waals surface area (Å²) < 4.78 is 2.44. The molecule has 256 valence electrons. The van der Waals surface area contributed by atoms with E-state index in [1.807, 2.05) is 0 Å². The average molecular weight is 691 g/mol. The van der Waals surface area contributed by atoms with Crippen molar-refractivity contribution in [2.24, 2.45) is 0 Å². The molecule has 0 aliphatic heterocycles. The third-order valence-electron chi connectivity index (χ3n) is 10.9. The van der Waals surface area contributed by atoms with E-state index in [0.717, 1.165) is 29.9 Å². The maximum Gasteiger partial charge on any atom is 0.0543 e. The molecule has 1 heterocycles. The van der Waals surface area contributed by atoms with E-state index in [9.17, 15) is 0 Å². The molecule has 10 rings (SSSR count). The summed E-state index contributed by atoms with van der Waals surface area (Å²) >= 11 is 0. The summed E-state index contributed by atoms with van der Waals surface area (Å²) in [5.74, 6) is 0. The Labute approximate surface area is 316 Å². The molecule has 2 heteroatoms. The van der Waals surface area contributed by atoms with E-state index in [1.54, 1.807) is 0 Å².